The average Bonchev–Trinajstić information content (AvgIpc) is 2.36. The molecule has 0 atom stereocenters. The molecule has 0 aliphatic rings. The van der Waals surface area contributed by atoms with Gasteiger partial charge in [0.25, 0.3) is 0 Å². The van der Waals surface area contributed by atoms with Crippen molar-refractivity contribution in [2.24, 2.45) is 0 Å². The minimum Gasteiger partial charge on any atom is -0.497 e. The SMILES string of the molecule is C=CCNC(=S)N[NH+]=Cc1cccc(OC)c1. The van der Waals surface area contributed by atoms with Crippen molar-refractivity contribution >= 4 is 23.5 Å². The van der Waals surface area contributed by atoms with Gasteiger partial charge in [-0.1, -0.05) is 12.1 Å². The van der Waals surface area contributed by atoms with Crippen LogP contribution in [0.15, 0.2) is 36.9 Å². The van der Waals surface area contributed by atoms with Gasteiger partial charge in [-0.15, -0.1) is 17.1 Å². The van der Waals surface area contributed by atoms with Crippen LogP contribution >= 0.6 is 12.2 Å². The van der Waals surface area contributed by atoms with Crippen LogP contribution in [0.4, 0.5) is 0 Å². The van der Waals surface area contributed by atoms with Crippen LogP contribution in [-0.2, 0) is 0 Å². The van der Waals surface area contributed by atoms with Gasteiger partial charge >= 0.3 is 0 Å². The smallest absolute Gasteiger partial charge is 0.224 e. The Kier molecular flexibility index (Phi) is 5.74. The van der Waals surface area contributed by atoms with E-state index in [2.05, 4.69) is 22.4 Å². The second kappa shape index (κ2) is 7.40. The van der Waals surface area contributed by atoms with Crippen molar-refractivity contribution in [3.8, 4) is 5.75 Å². The monoisotopic (exact) mass is 250 g/mol. The van der Waals surface area contributed by atoms with Crippen LogP contribution in [0.1, 0.15) is 5.56 Å². The van der Waals surface area contributed by atoms with Crippen LogP contribution in [0.2, 0.25) is 0 Å². The van der Waals surface area contributed by atoms with Crippen LogP contribution in [0.25, 0.3) is 0 Å². The third kappa shape index (κ3) is 5.12. The van der Waals surface area contributed by atoms with Gasteiger partial charge in [-0.2, -0.15) is 0 Å². The molecule has 0 amide bonds. The Labute approximate surface area is 106 Å². The molecule has 0 fully saturated rings. The van der Waals surface area contributed by atoms with E-state index in [1.165, 1.54) is 0 Å². The van der Waals surface area contributed by atoms with E-state index in [1.54, 1.807) is 19.4 Å². The molecule has 0 aliphatic carbocycles. The summed E-state index contributed by atoms with van der Waals surface area (Å²) in [6, 6.07) is 7.67. The first-order valence-corrected chi connectivity index (χ1v) is 5.54. The third-order valence-electron chi connectivity index (χ3n) is 1.93. The highest BCUT2D eigenvalue weighted by atomic mass is 32.1. The van der Waals surface area contributed by atoms with Crippen molar-refractivity contribution in [2.45, 2.75) is 0 Å². The van der Waals surface area contributed by atoms with Crippen LogP contribution in [0.3, 0.4) is 0 Å². The lowest BCUT2D eigenvalue weighted by Gasteiger charge is -2.00. The van der Waals surface area contributed by atoms with Crippen LogP contribution < -0.4 is 20.6 Å². The lowest BCUT2D eigenvalue weighted by molar-refractivity contribution is -0.500. The summed E-state index contributed by atoms with van der Waals surface area (Å²) < 4.78 is 5.12. The fourth-order valence-corrected chi connectivity index (χ4v) is 1.27. The first-order valence-electron chi connectivity index (χ1n) is 5.14. The summed E-state index contributed by atoms with van der Waals surface area (Å²) in [4.78, 5) is 0. The molecular weight excluding hydrogens is 234 g/mol. The van der Waals surface area contributed by atoms with E-state index in [9.17, 15) is 0 Å². The summed E-state index contributed by atoms with van der Waals surface area (Å²) in [7, 11) is 1.64. The average molecular weight is 250 g/mol. The molecule has 1 rings (SSSR count). The maximum absolute atomic E-state index is 5.12. The molecule has 17 heavy (non-hydrogen) atoms. The van der Waals surface area contributed by atoms with E-state index in [-0.39, 0.29) is 0 Å². The molecule has 0 saturated heterocycles. The molecule has 0 aromatic heterocycles. The third-order valence-corrected chi connectivity index (χ3v) is 2.17. The predicted molar refractivity (Wildman–Crippen MR) is 73.1 cm³/mol. The van der Waals surface area contributed by atoms with Gasteiger partial charge in [0.15, 0.2) is 6.21 Å². The number of hydrazine groups is 1. The predicted octanol–water partition coefficient (Wildman–Crippen LogP) is -0.240. The van der Waals surface area contributed by atoms with E-state index in [4.69, 9.17) is 17.0 Å². The Morgan fingerprint density at radius 2 is 2.41 bits per heavy atom. The zero-order valence-electron chi connectivity index (χ0n) is 9.69. The quantitative estimate of drug-likeness (QED) is 0.292. The van der Waals surface area contributed by atoms with Gasteiger partial charge < -0.3 is 10.1 Å². The largest absolute Gasteiger partial charge is 0.497 e. The molecule has 1 aromatic rings. The van der Waals surface area contributed by atoms with Crippen molar-refractivity contribution in [2.75, 3.05) is 13.7 Å². The fourth-order valence-electron chi connectivity index (χ4n) is 1.13. The molecule has 0 heterocycles. The molecule has 0 saturated carbocycles. The Hall–Kier alpha value is -1.88. The number of ether oxygens (including phenoxy) is 1. The number of hydrogen-bond acceptors (Lipinski definition) is 2. The molecule has 0 spiro atoms. The number of hydrogen-bond donors (Lipinski definition) is 3. The van der Waals surface area contributed by atoms with Crippen molar-refractivity contribution in [1.82, 2.24) is 10.7 Å². The number of nitrogens with one attached hydrogen (secondary N) is 3. The fraction of sp³-hybridized carbons (Fsp3) is 0.167. The molecule has 0 bridgehead atoms. The van der Waals surface area contributed by atoms with E-state index in [0.29, 0.717) is 11.7 Å². The summed E-state index contributed by atoms with van der Waals surface area (Å²) in [6.07, 6.45) is 3.53. The van der Waals surface area contributed by atoms with Crippen molar-refractivity contribution < 1.29 is 9.84 Å². The lowest BCUT2D eigenvalue weighted by atomic mass is 10.2. The van der Waals surface area contributed by atoms with Gasteiger partial charge in [-0.25, -0.2) is 0 Å². The summed E-state index contributed by atoms with van der Waals surface area (Å²) in [5, 5.41) is 6.35. The molecule has 3 N–H and O–H groups in total. The highest BCUT2D eigenvalue weighted by Crippen LogP contribution is 2.09. The Morgan fingerprint density at radius 1 is 1.59 bits per heavy atom. The Balaban J connectivity index is 2.47. The number of rotatable bonds is 5. The number of methoxy groups -OCH3 is 1. The maximum Gasteiger partial charge on any atom is 0.224 e. The molecule has 5 heteroatoms. The second-order valence-corrected chi connectivity index (χ2v) is 3.60. The van der Waals surface area contributed by atoms with Crippen molar-refractivity contribution in [1.29, 1.82) is 0 Å². The van der Waals surface area contributed by atoms with E-state index in [1.807, 2.05) is 24.3 Å². The normalized spacial score (nSPS) is 9.94. The highest BCUT2D eigenvalue weighted by molar-refractivity contribution is 7.80. The number of benzene rings is 1. The zero-order valence-corrected chi connectivity index (χ0v) is 10.5. The molecule has 0 radical (unpaired) electrons. The van der Waals surface area contributed by atoms with Gasteiger partial charge in [0, 0.05) is 12.1 Å². The Bertz CT molecular complexity index is 418. The first kappa shape index (κ1) is 13.2. The Morgan fingerprint density at radius 3 is 3.12 bits per heavy atom. The maximum atomic E-state index is 5.12. The van der Waals surface area contributed by atoms with E-state index < -0.39 is 0 Å². The lowest BCUT2D eigenvalue weighted by Crippen LogP contribution is -2.82. The highest BCUT2D eigenvalue weighted by Gasteiger charge is 1.96. The number of thiocarbonyl (C=S) groups is 1. The molecule has 90 valence electrons. The summed E-state index contributed by atoms with van der Waals surface area (Å²) in [5.74, 6) is 0.813. The molecule has 1 aromatic carbocycles. The van der Waals surface area contributed by atoms with E-state index >= 15 is 0 Å². The van der Waals surface area contributed by atoms with Crippen LogP contribution in [-0.4, -0.2) is 25.0 Å². The molecular formula is C12H16N3OS+. The molecule has 0 aliphatic heterocycles. The van der Waals surface area contributed by atoms with E-state index in [0.717, 1.165) is 11.3 Å². The molecule has 0 unspecified atom stereocenters. The minimum absolute atomic E-state index is 0.518. The number of hydrazone groups is 1. The topological polar surface area (TPSA) is 47.3 Å². The van der Waals surface area contributed by atoms with Crippen LogP contribution in [0.5, 0.6) is 5.75 Å². The van der Waals surface area contributed by atoms with Gasteiger partial charge in [-0.3, -0.25) is 0 Å². The van der Waals surface area contributed by atoms with Gasteiger partial charge in [0.2, 0.25) is 5.11 Å². The van der Waals surface area contributed by atoms with Crippen molar-refractivity contribution in [3.05, 3.63) is 42.5 Å². The summed E-state index contributed by atoms with van der Waals surface area (Å²) >= 11 is 5.01. The van der Waals surface area contributed by atoms with Crippen LogP contribution in [0, 0.1) is 0 Å². The molecule has 4 nitrogen and oxygen atoms in total. The second-order valence-electron chi connectivity index (χ2n) is 3.19. The minimum atomic E-state index is 0.518. The zero-order chi connectivity index (χ0) is 12.5. The standard InChI is InChI=1S/C12H15N3OS/c1-3-7-13-12(17)15-14-9-10-5-4-6-11(8-10)16-2/h3-6,8-9H,1,7H2,2H3,(H2,13,15,17)/p+1. The summed E-state index contributed by atoms with van der Waals surface area (Å²) in [6.45, 7) is 4.22. The summed E-state index contributed by atoms with van der Waals surface area (Å²) in [5.41, 5.74) is 3.82. The van der Waals surface area contributed by atoms with Gasteiger partial charge in [-0.05, 0) is 30.4 Å². The van der Waals surface area contributed by atoms with Gasteiger partial charge in [0.1, 0.15) is 5.75 Å². The van der Waals surface area contributed by atoms with Crippen molar-refractivity contribution in [3.63, 3.8) is 0 Å². The van der Waals surface area contributed by atoms with Gasteiger partial charge in [0.05, 0.1) is 7.11 Å². The first-order chi connectivity index (χ1) is 8.26.